The van der Waals surface area contributed by atoms with Crippen LogP contribution >= 0.6 is 0 Å². The topological polar surface area (TPSA) is 21.1 Å². The van der Waals surface area contributed by atoms with Gasteiger partial charge in [-0.1, -0.05) is 18.2 Å². The number of benzene rings is 2. The zero-order valence-corrected chi connectivity index (χ0v) is 12.5. The van der Waals surface area contributed by atoms with Crippen LogP contribution in [0.2, 0.25) is 0 Å². The minimum absolute atomic E-state index is 0.204. The lowest BCUT2D eigenvalue weighted by Gasteiger charge is -2.23. The maximum atomic E-state index is 13.4. The van der Waals surface area contributed by atoms with E-state index in [1.165, 1.54) is 11.6 Å². The predicted molar refractivity (Wildman–Crippen MR) is 86.7 cm³/mol. The molecule has 0 aliphatic carbocycles. The highest BCUT2D eigenvalue weighted by molar-refractivity contribution is 5.47. The number of nitrogens with zero attached hydrogens (tertiary/aromatic N) is 3. The first kappa shape index (κ1) is 14.3. The summed E-state index contributed by atoms with van der Waals surface area (Å²) in [5, 5.41) is 4.22. The zero-order valence-electron chi connectivity index (χ0n) is 12.5. The fourth-order valence-electron chi connectivity index (χ4n) is 2.45. The molecule has 0 saturated heterocycles. The molecule has 0 unspecified atom stereocenters. The zero-order chi connectivity index (χ0) is 15.4. The quantitative estimate of drug-likeness (QED) is 0.708. The number of hydrogen-bond acceptors (Lipinski definition) is 2. The summed E-state index contributed by atoms with van der Waals surface area (Å²) in [5.74, 6) is -0.204. The third-order valence-corrected chi connectivity index (χ3v) is 3.63. The second-order valence-corrected chi connectivity index (χ2v) is 5.11. The van der Waals surface area contributed by atoms with Gasteiger partial charge in [0.2, 0.25) is 0 Å². The molecule has 0 fully saturated rings. The Labute approximate surface area is 129 Å². The fourth-order valence-corrected chi connectivity index (χ4v) is 2.45. The summed E-state index contributed by atoms with van der Waals surface area (Å²) in [4.78, 5) is 2.14. The highest BCUT2D eigenvalue weighted by Crippen LogP contribution is 2.19. The molecule has 22 heavy (non-hydrogen) atoms. The van der Waals surface area contributed by atoms with Gasteiger partial charge in [0.1, 0.15) is 5.82 Å². The molecule has 0 aliphatic heterocycles. The van der Waals surface area contributed by atoms with Crippen molar-refractivity contribution in [2.24, 2.45) is 0 Å². The Morgan fingerprint density at radius 2 is 1.91 bits per heavy atom. The number of halogens is 1. The summed E-state index contributed by atoms with van der Waals surface area (Å²) >= 11 is 0. The molecule has 1 heterocycles. The largest absolute Gasteiger partial charge is 0.367 e. The Kier molecular flexibility index (Phi) is 4.19. The number of aromatic nitrogens is 2. The van der Waals surface area contributed by atoms with Gasteiger partial charge in [-0.2, -0.15) is 5.10 Å². The van der Waals surface area contributed by atoms with Gasteiger partial charge in [0, 0.05) is 31.2 Å². The standard InChI is InChI=1S/C18H18FN3/c1-2-21(18-6-3-5-16(19)13-18)14-15-7-9-17(10-8-15)22-12-4-11-20-22/h3-13H,2,14H2,1H3. The van der Waals surface area contributed by atoms with Crippen molar-refractivity contribution in [3.8, 4) is 5.69 Å². The van der Waals surface area contributed by atoms with Crippen LogP contribution < -0.4 is 4.90 Å². The molecular weight excluding hydrogens is 277 g/mol. The first-order chi connectivity index (χ1) is 10.8. The van der Waals surface area contributed by atoms with Gasteiger partial charge < -0.3 is 4.90 Å². The van der Waals surface area contributed by atoms with Crippen LogP contribution in [0.4, 0.5) is 10.1 Å². The first-order valence-electron chi connectivity index (χ1n) is 7.36. The predicted octanol–water partition coefficient (Wildman–Crippen LogP) is 4.04. The molecule has 3 nitrogen and oxygen atoms in total. The Balaban J connectivity index is 1.76. The van der Waals surface area contributed by atoms with E-state index >= 15 is 0 Å². The summed E-state index contributed by atoms with van der Waals surface area (Å²) in [5.41, 5.74) is 3.11. The van der Waals surface area contributed by atoms with E-state index in [9.17, 15) is 4.39 Å². The van der Waals surface area contributed by atoms with Crippen LogP contribution in [0, 0.1) is 5.82 Å². The molecule has 2 aromatic carbocycles. The molecule has 4 heteroatoms. The van der Waals surface area contributed by atoms with Gasteiger partial charge in [0.15, 0.2) is 0 Å². The van der Waals surface area contributed by atoms with Crippen LogP contribution in [0.3, 0.4) is 0 Å². The van der Waals surface area contributed by atoms with E-state index in [2.05, 4.69) is 29.1 Å². The molecule has 0 spiro atoms. The molecule has 0 saturated carbocycles. The monoisotopic (exact) mass is 295 g/mol. The van der Waals surface area contributed by atoms with Crippen LogP contribution in [0.1, 0.15) is 12.5 Å². The van der Waals surface area contributed by atoms with E-state index < -0.39 is 0 Å². The number of hydrogen-bond donors (Lipinski definition) is 0. The summed E-state index contributed by atoms with van der Waals surface area (Å²) < 4.78 is 15.2. The third-order valence-electron chi connectivity index (χ3n) is 3.63. The lowest BCUT2D eigenvalue weighted by Crippen LogP contribution is -2.22. The van der Waals surface area contributed by atoms with Crippen LogP contribution in [-0.2, 0) is 6.54 Å². The van der Waals surface area contributed by atoms with E-state index in [1.54, 1.807) is 18.3 Å². The van der Waals surface area contributed by atoms with Gasteiger partial charge in [-0.25, -0.2) is 9.07 Å². The van der Waals surface area contributed by atoms with Crippen LogP contribution in [0.5, 0.6) is 0 Å². The lowest BCUT2D eigenvalue weighted by atomic mass is 10.1. The molecule has 1 aromatic heterocycles. The molecule has 3 rings (SSSR count). The normalized spacial score (nSPS) is 10.6. The summed E-state index contributed by atoms with van der Waals surface area (Å²) in [7, 11) is 0. The second kappa shape index (κ2) is 6.43. The average molecular weight is 295 g/mol. The van der Waals surface area contributed by atoms with Gasteiger partial charge in [-0.05, 0) is 48.9 Å². The molecule has 112 valence electrons. The Bertz CT molecular complexity index is 720. The van der Waals surface area contributed by atoms with Crippen molar-refractivity contribution in [3.63, 3.8) is 0 Å². The number of anilines is 1. The molecule has 0 bridgehead atoms. The van der Waals surface area contributed by atoms with Crippen molar-refractivity contribution < 1.29 is 4.39 Å². The van der Waals surface area contributed by atoms with Gasteiger partial charge in [0.25, 0.3) is 0 Å². The van der Waals surface area contributed by atoms with E-state index in [-0.39, 0.29) is 5.82 Å². The molecular formula is C18H18FN3. The SMILES string of the molecule is CCN(Cc1ccc(-n2cccn2)cc1)c1cccc(F)c1. The molecule has 0 amide bonds. The molecule has 0 N–H and O–H groups in total. The number of rotatable bonds is 5. The second-order valence-electron chi connectivity index (χ2n) is 5.11. The molecule has 0 aliphatic rings. The fraction of sp³-hybridized carbons (Fsp3) is 0.167. The van der Waals surface area contributed by atoms with Gasteiger partial charge in [-0.3, -0.25) is 0 Å². The van der Waals surface area contributed by atoms with Gasteiger partial charge >= 0.3 is 0 Å². The van der Waals surface area contributed by atoms with Crippen molar-refractivity contribution in [2.75, 3.05) is 11.4 Å². The smallest absolute Gasteiger partial charge is 0.125 e. The van der Waals surface area contributed by atoms with E-state index in [0.29, 0.717) is 0 Å². The summed E-state index contributed by atoms with van der Waals surface area (Å²) in [6.07, 6.45) is 3.68. The molecule has 0 radical (unpaired) electrons. The summed E-state index contributed by atoms with van der Waals surface area (Å²) in [6.45, 7) is 3.65. The van der Waals surface area contributed by atoms with Crippen molar-refractivity contribution in [1.82, 2.24) is 9.78 Å². The van der Waals surface area contributed by atoms with Crippen LogP contribution in [-0.4, -0.2) is 16.3 Å². The van der Waals surface area contributed by atoms with Crippen molar-refractivity contribution in [1.29, 1.82) is 0 Å². The first-order valence-corrected chi connectivity index (χ1v) is 7.36. The Hall–Kier alpha value is -2.62. The van der Waals surface area contributed by atoms with E-state index in [1.807, 2.05) is 35.1 Å². The van der Waals surface area contributed by atoms with Crippen molar-refractivity contribution in [3.05, 3.63) is 78.4 Å². The summed E-state index contributed by atoms with van der Waals surface area (Å²) in [6, 6.07) is 16.9. The van der Waals surface area contributed by atoms with Gasteiger partial charge in [0.05, 0.1) is 5.69 Å². The highest BCUT2D eigenvalue weighted by atomic mass is 19.1. The highest BCUT2D eigenvalue weighted by Gasteiger charge is 2.06. The lowest BCUT2D eigenvalue weighted by molar-refractivity contribution is 0.626. The minimum atomic E-state index is -0.204. The minimum Gasteiger partial charge on any atom is -0.367 e. The molecule has 0 atom stereocenters. The van der Waals surface area contributed by atoms with Crippen LogP contribution in [0.15, 0.2) is 67.0 Å². The van der Waals surface area contributed by atoms with Crippen LogP contribution in [0.25, 0.3) is 5.69 Å². The van der Waals surface area contributed by atoms with Gasteiger partial charge in [-0.15, -0.1) is 0 Å². The van der Waals surface area contributed by atoms with Crippen molar-refractivity contribution in [2.45, 2.75) is 13.5 Å². The maximum Gasteiger partial charge on any atom is 0.125 e. The van der Waals surface area contributed by atoms with Crippen molar-refractivity contribution >= 4 is 5.69 Å². The average Bonchev–Trinajstić information content (AvgIpc) is 3.07. The van der Waals surface area contributed by atoms with E-state index in [0.717, 1.165) is 24.5 Å². The van der Waals surface area contributed by atoms with E-state index in [4.69, 9.17) is 0 Å². The molecule has 3 aromatic rings. The Morgan fingerprint density at radius 3 is 2.55 bits per heavy atom. The maximum absolute atomic E-state index is 13.4. The third kappa shape index (κ3) is 3.17. The Morgan fingerprint density at radius 1 is 1.09 bits per heavy atom.